The number of rotatable bonds is 2. The molecule has 0 aromatic carbocycles. The number of pyridine rings is 1. The van der Waals surface area contributed by atoms with Gasteiger partial charge in [-0.2, -0.15) is 0 Å². The first-order valence-corrected chi connectivity index (χ1v) is 6.75. The lowest BCUT2D eigenvalue weighted by Gasteiger charge is -2.22. The van der Waals surface area contributed by atoms with Crippen LogP contribution in [0.2, 0.25) is 0 Å². The fourth-order valence-electron chi connectivity index (χ4n) is 2.24. The number of nitrogens with zero attached hydrogens (tertiary/aromatic N) is 2. The van der Waals surface area contributed by atoms with E-state index >= 15 is 0 Å². The highest BCUT2D eigenvalue weighted by molar-refractivity contribution is 5.74. The summed E-state index contributed by atoms with van der Waals surface area (Å²) >= 11 is 0. The first kappa shape index (κ1) is 13.8. The normalized spacial score (nSPS) is 19.6. The maximum atomic E-state index is 12.0. The predicted octanol–water partition coefficient (Wildman–Crippen LogP) is 2.56. The zero-order chi connectivity index (χ0) is 14.0. The van der Waals surface area contributed by atoms with E-state index in [0.717, 1.165) is 18.8 Å². The summed E-state index contributed by atoms with van der Waals surface area (Å²) in [7, 11) is 0. The lowest BCUT2D eigenvalue weighted by molar-refractivity contribution is -0.159. The van der Waals surface area contributed by atoms with Crippen LogP contribution in [0, 0.1) is 12.8 Å². The van der Waals surface area contributed by atoms with Crippen molar-refractivity contribution < 1.29 is 9.53 Å². The molecule has 1 aliphatic heterocycles. The summed E-state index contributed by atoms with van der Waals surface area (Å²) in [4.78, 5) is 18.6. The predicted molar refractivity (Wildman–Crippen MR) is 75.1 cm³/mol. The average molecular weight is 262 g/mol. The molecule has 4 nitrogen and oxygen atoms in total. The van der Waals surface area contributed by atoms with E-state index in [9.17, 15) is 4.79 Å². The number of aromatic nitrogens is 1. The molecule has 1 aliphatic rings. The Morgan fingerprint density at radius 1 is 1.47 bits per heavy atom. The first-order chi connectivity index (χ1) is 8.85. The van der Waals surface area contributed by atoms with Crippen molar-refractivity contribution in [2.75, 3.05) is 18.0 Å². The molecule has 2 rings (SSSR count). The van der Waals surface area contributed by atoms with Crippen LogP contribution in [0.3, 0.4) is 0 Å². The van der Waals surface area contributed by atoms with Crippen molar-refractivity contribution in [3.05, 3.63) is 23.9 Å². The van der Waals surface area contributed by atoms with Crippen molar-refractivity contribution in [3.63, 3.8) is 0 Å². The Balaban J connectivity index is 1.98. The van der Waals surface area contributed by atoms with E-state index < -0.39 is 5.60 Å². The fourth-order valence-corrected chi connectivity index (χ4v) is 2.24. The zero-order valence-electron chi connectivity index (χ0n) is 12.1. The molecule has 0 N–H and O–H groups in total. The number of ether oxygens (including phenoxy) is 1. The highest BCUT2D eigenvalue weighted by Gasteiger charge is 2.32. The van der Waals surface area contributed by atoms with Crippen LogP contribution < -0.4 is 4.90 Å². The van der Waals surface area contributed by atoms with Gasteiger partial charge in [0.15, 0.2) is 0 Å². The molecule has 1 aromatic rings. The molecule has 4 heteroatoms. The molecular weight excluding hydrogens is 240 g/mol. The molecule has 0 saturated carbocycles. The minimum absolute atomic E-state index is 0.0402. The zero-order valence-corrected chi connectivity index (χ0v) is 12.1. The molecule has 0 aliphatic carbocycles. The van der Waals surface area contributed by atoms with Gasteiger partial charge in [-0.1, -0.05) is 0 Å². The standard InChI is InChI=1S/C15H22N2O2/c1-11-5-7-16-13(9-11)17-8-6-12(10-17)14(18)19-15(2,3)4/h5,7,9,12H,6,8,10H2,1-4H3/t12-/m0/s1. The van der Waals surface area contributed by atoms with Gasteiger partial charge in [-0.3, -0.25) is 4.79 Å². The number of hydrogen-bond acceptors (Lipinski definition) is 4. The van der Waals surface area contributed by atoms with E-state index in [4.69, 9.17) is 4.74 Å². The molecule has 0 spiro atoms. The van der Waals surface area contributed by atoms with E-state index in [1.54, 1.807) is 0 Å². The van der Waals surface area contributed by atoms with Gasteiger partial charge >= 0.3 is 5.97 Å². The summed E-state index contributed by atoms with van der Waals surface area (Å²) in [5.74, 6) is 0.815. The minimum Gasteiger partial charge on any atom is -0.460 e. The third-order valence-corrected chi connectivity index (χ3v) is 3.15. The van der Waals surface area contributed by atoms with Crippen LogP contribution in [-0.4, -0.2) is 29.6 Å². The topological polar surface area (TPSA) is 42.4 Å². The molecule has 1 saturated heterocycles. The van der Waals surface area contributed by atoms with E-state index in [-0.39, 0.29) is 11.9 Å². The summed E-state index contributed by atoms with van der Waals surface area (Å²) in [6, 6.07) is 4.03. The van der Waals surface area contributed by atoms with Gasteiger partial charge in [0.2, 0.25) is 0 Å². The molecule has 0 amide bonds. The van der Waals surface area contributed by atoms with E-state index in [1.807, 2.05) is 40.0 Å². The van der Waals surface area contributed by atoms with Gasteiger partial charge in [-0.15, -0.1) is 0 Å². The van der Waals surface area contributed by atoms with E-state index in [2.05, 4.69) is 16.0 Å². The minimum atomic E-state index is -0.411. The smallest absolute Gasteiger partial charge is 0.311 e. The molecule has 2 heterocycles. The summed E-state index contributed by atoms with van der Waals surface area (Å²) in [6.07, 6.45) is 2.65. The Morgan fingerprint density at radius 2 is 2.21 bits per heavy atom. The monoisotopic (exact) mass is 262 g/mol. The molecule has 19 heavy (non-hydrogen) atoms. The molecular formula is C15H22N2O2. The van der Waals surface area contributed by atoms with Crippen LogP contribution in [0.1, 0.15) is 32.8 Å². The first-order valence-electron chi connectivity index (χ1n) is 6.75. The number of hydrogen-bond donors (Lipinski definition) is 0. The largest absolute Gasteiger partial charge is 0.460 e. The Labute approximate surface area is 114 Å². The Morgan fingerprint density at radius 3 is 2.84 bits per heavy atom. The van der Waals surface area contributed by atoms with Crippen molar-refractivity contribution in [1.82, 2.24) is 4.98 Å². The van der Waals surface area contributed by atoms with Gasteiger partial charge < -0.3 is 9.64 Å². The number of carbonyl (C=O) groups is 1. The number of anilines is 1. The molecule has 0 unspecified atom stereocenters. The van der Waals surface area contributed by atoms with Crippen LogP contribution in [0.4, 0.5) is 5.82 Å². The second kappa shape index (κ2) is 5.19. The van der Waals surface area contributed by atoms with Crippen molar-refractivity contribution >= 4 is 11.8 Å². The van der Waals surface area contributed by atoms with Crippen LogP contribution in [0.15, 0.2) is 18.3 Å². The Kier molecular flexibility index (Phi) is 3.78. The number of esters is 1. The van der Waals surface area contributed by atoms with Crippen LogP contribution in [0.25, 0.3) is 0 Å². The summed E-state index contributed by atoms with van der Waals surface area (Å²) in [5.41, 5.74) is 0.775. The average Bonchev–Trinajstić information content (AvgIpc) is 2.75. The van der Waals surface area contributed by atoms with Crippen molar-refractivity contribution in [2.45, 2.75) is 39.7 Å². The summed E-state index contributed by atoms with van der Waals surface area (Å²) < 4.78 is 5.44. The third-order valence-electron chi connectivity index (χ3n) is 3.15. The van der Waals surface area contributed by atoms with Gasteiger partial charge in [0.05, 0.1) is 5.92 Å². The SMILES string of the molecule is Cc1ccnc(N2CC[C@H](C(=O)OC(C)(C)C)C2)c1. The van der Waals surface area contributed by atoms with Crippen molar-refractivity contribution in [2.24, 2.45) is 5.92 Å². The Bertz CT molecular complexity index is 465. The van der Waals surface area contributed by atoms with Gasteiger partial charge in [0.25, 0.3) is 0 Å². The summed E-state index contributed by atoms with van der Waals surface area (Å²) in [5, 5.41) is 0. The second-order valence-electron chi connectivity index (χ2n) is 6.16. The molecule has 0 radical (unpaired) electrons. The molecule has 1 fully saturated rings. The maximum Gasteiger partial charge on any atom is 0.311 e. The maximum absolute atomic E-state index is 12.0. The van der Waals surface area contributed by atoms with Crippen LogP contribution in [-0.2, 0) is 9.53 Å². The third kappa shape index (κ3) is 3.69. The van der Waals surface area contributed by atoms with E-state index in [0.29, 0.717) is 6.54 Å². The molecule has 0 bridgehead atoms. The lowest BCUT2D eigenvalue weighted by Crippen LogP contribution is -2.30. The fraction of sp³-hybridized carbons (Fsp3) is 0.600. The lowest BCUT2D eigenvalue weighted by atomic mass is 10.1. The quantitative estimate of drug-likeness (QED) is 0.768. The highest BCUT2D eigenvalue weighted by Crippen LogP contribution is 2.24. The molecule has 1 aromatic heterocycles. The van der Waals surface area contributed by atoms with Gasteiger partial charge in [-0.25, -0.2) is 4.98 Å². The van der Waals surface area contributed by atoms with Crippen molar-refractivity contribution in [1.29, 1.82) is 0 Å². The van der Waals surface area contributed by atoms with Gasteiger partial charge in [-0.05, 0) is 51.8 Å². The van der Waals surface area contributed by atoms with Crippen molar-refractivity contribution in [3.8, 4) is 0 Å². The van der Waals surface area contributed by atoms with E-state index in [1.165, 1.54) is 5.56 Å². The number of carbonyl (C=O) groups excluding carboxylic acids is 1. The summed E-state index contributed by atoms with van der Waals surface area (Å²) in [6.45, 7) is 9.32. The van der Waals surface area contributed by atoms with Gasteiger partial charge in [0, 0.05) is 19.3 Å². The van der Waals surface area contributed by atoms with Crippen LogP contribution in [0.5, 0.6) is 0 Å². The molecule has 1 atom stereocenters. The number of aryl methyl sites for hydroxylation is 1. The highest BCUT2D eigenvalue weighted by atomic mass is 16.6. The van der Waals surface area contributed by atoms with Gasteiger partial charge in [0.1, 0.15) is 11.4 Å². The Hall–Kier alpha value is -1.58. The van der Waals surface area contributed by atoms with Crippen LogP contribution >= 0.6 is 0 Å². The molecule has 104 valence electrons. The second-order valence-corrected chi connectivity index (χ2v) is 6.16.